The molecule has 1 fully saturated rings. The average molecular weight is 431 g/mol. The fourth-order valence-corrected chi connectivity index (χ4v) is 4.04. The summed E-state index contributed by atoms with van der Waals surface area (Å²) in [6.45, 7) is 2.04. The molecular weight excluding hydrogens is 402 g/mol. The molecule has 1 atom stereocenters. The Balaban J connectivity index is 1.78. The van der Waals surface area contributed by atoms with Gasteiger partial charge in [0.25, 0.3) is 11.8 Å². The molecule has 0 radical (unpaired) electrons. The Morgan fingerprint density at radius 3 is 2.48 bits per heavy atom. The lowest BCUT2D eigenvalue weighted by molar-refractivity contribution is -0.139. The summed E-state index contributed by atoms with van der Waals surface area (Å²) in [6, 6.07) is 3.84. The van der Waals surface area contributed by atoms with Crippen LogP contribution in [0, 0.1) is 0 Å². The molecule has 9 heteroatoms. The van der Waals surface area contributed by atoms with Crippen LogP contribution in [-0.4, -0.2) is 41.9 Å². The molecule has 0 aromatic heterocycles. The van der Waals surface area contributed by atoms with E-state index < -0.39 is 35.1 Å². The van der Waals surface area contributed by atoms with Gasteiger partial charge in [0.2, 0.25) is 18.5 Å². The van der Waals surface area contributed by atoms with Crippen molar-refractivity contribution in [3.8, 4) is 11.5 Å². The van der Waals surface area contributed by atoms with Crippen molar-refractivity contribution in [2.45, 2.75) is 69.9 Å². The number of hydrogen-bond donors (Lipinski definition) is 3. The number of benzene rings is 1. The average Bonchev–Trinajstić information content (AvgIpc) is 3.24. The van der Waals surface area contributed by atoms with E-state index in [4.69, 9.17) is 15.2 Å². The van der Waals surface area contributed by atoms with Crippen LogP contribution in [0.2, 0.25) is 0 Å². The molecule has 0 spiro atoms. The van der Waals surface area contributed by atoms with Crippen molar-refractivity contribution in [3.63, 3.8) is 0 Å². The van der Waals surface area contributed by atoms with Crippen molar-refractivity contribution in [3.05, 3.63) is 23.8 Å². The molecule has 9 nitrogen and oxygen atoms in total. The molecule has 31 heavy (non-hydrogen) atoms. The van der Waals surface area contributed by atoms with E-state index in [1.54, 1.807) is 18.2 Å². The smallest absolute Gasteiger partial charge is 0.287 e. The van der Waals surface area contributed by atoms with Gasteiger partial charge < -0.3 is 25.8 Å². The zero-order chi connectivity index (χ0) is 22.4. The number of Topliss-reactive ketones (excluding diaryl/α,β-unsaturated/α-hetero) is 1. The Hall–Kier alpha value is -3.10. The van der Waals surface area contributed by atoms with Crippen LogP contribution in [0.3, 0.4) is 0 Å². The summed E-state index contributed by atoms with van der Waals surface area (Å²) < 4.78 is 10.6. The summed E-state index contributed by atoms with van der Waals surface area (Å²) in [7, 11) is 0. The number of carbonyl (C=O) groups is 4. The van der Waals surface area contributed by atoms with Crippen molar-refractivity contribution >= 4 is 23.5 Å². The standard InChI is InChI=1S/C22H29N3O6/c1-2-3-7-15(18(26)19(23)27)24-21(29)22(10-5-4-6-11-22)25-20(28)14-8-9-16-17(12-14)31-13-30-16/h8-9,12,15H,2-7,10-11,13H2,1H3,(H2,23,27)(H,24,29)(H,25,28)/t15-/m0/s1. The third-order valence-corrected chi connectivity index (χ3v) is 5.84. The number of nitrogens with two attached hydrogens (primary N) is 1. The molecule has 2 aliphatic rings. The van der Waals surface area contributed by atoms with E-state index in [0.717, 1.165) is 25.7 Å². The molecule has 3 amide bonds. The van der Waals surface area contributed by atoms with Gasteiger partial charge in [-0.2, -0.15) is 0 Å². The zero-order valence-electron chi connectivity index (χ0n) is 17.7. The second kappa shape index (κ2) is 9.80. The largest absolute Gasteiger partial charge is 0.454 e. The monoisotopic (exact) mass is 431 g/mol. The SMILES string of the molecule is CCCC[C@H](NC(=O)C1(NC(=O)c2ccc3c(c2)OCO3)CCCCC1)C(=O)C(N)=O. The van der Waals surface area contributed by atoms with Crippen LogP contribution in [-0.2, 0) is 14.4 Å². The maximum Gasteiger partial charge on any atom is 0.287 e. The van der Waals surface area contributed by atoms with Gasteiger partial charge in [-0.1, -0.05) is 39.0 Å². The number of ether oxygens (including phenoxy) is 2. The first-order chi connectivity index (χ1) is 14.9. The highest BCUT2D eigenvalue weighted by Crippen LogP contribution is 2.33. The highest BCUT2D eigenvalue weighted by molar-refractivity contribution is 6.37. The number of primary amides is 1. The van der Waals surface area contributed by atoms with Crippen LogP contribution in [0.4, 0.5) is 0 Å². The first-order valence-electron chi connectivity index (χ1n) is 10.7. The number of hydrogen-bond acceptors (Lipinski definition) is 6. The summed E-state index contributed by atoms with van der Waals surface area (Å²) in [4.78, 5) is 49.9. The summed E-state index contributed by atoms with van der Waals surface area (Å²) in [5.74, 6) is -1.75. The predicted octanol–water partition coefficient (Wildman–Crippen LogP) is 1.58. The Morgan fingerprint density at radius 2 is 1.81 bits per heavy atom. The Labute approximate surface area is 181 Å². The molecule has 1 aliphatic heterocycles. The van der Waals surface area contributed by atoms with E-state index in [0.29, 0.717) is 42.7 Å². The third-order valence-electron chi connectivity index (χ3n) is 5.84. The van der Waals surface area contributed by atoms with E-state index in [2.05, 4.69) is 10.6 Å². The van der Waals surface area contributed by atoms with Crippen LogP contribution >= 0.6 is 0 Å². The van der Waals surface area contributed by atoms with Crippen molar-refractivity contribution in [1.29, 1.82) is 0 Å². The molecule has 1 aliphatic carbocycles. The number of rotatable bonds is 9. The molecule has 168 valence electrons. The number of unbranched alkanes of at least 4 members (excludes halogenated alkanes) is 1. The number of fused-ring (bicyclic) bond motifs is 1. The van der Waals surface area contributed by atoms with Crippen LogP contribution in [0.15, 0.2) is 18.2 Å². The van der Waals surface area contributed by atoms with Crippen LogP contribution in [0.1, 0.15) is 68.6 Å². The molecule has 1 saturated carbocycles. The van der Waals surface area contributed by atoms with Crippen molar-refractivity contribution in [2.24, 2.45) is 5.73 Å². The molecule has 1 heterocycles. The number of carbonyl (C=O) groups excluding carboxylic acids is 4. The lowest BCUT2D eigenvalue weighted by atomic mass is 9.80. The van der Waals surface area contributed by atoms with Gasteiger partial charge in [0, 0.05) is 5.56 Å². The molecule has 1 aromatic rings. The summed E-state index contributed by atoms with van der Waals surface area (Å²) in [6.07, 6.45) is 5.13. The van der Waals surface area contributed by atoms with Gasteiger partial charge in [0.1, 0.15) is 5.54 Å². The molecule has 3 rings (SSSR count). The van der Waals surface area contributed by atoms with Gasteiger partial charge in [-0.3, -0.25) is 19.2 Å². The second-order valence-electron chi connectivity index (χ2n) is 8.06. The molecule has 0 unspecified atom stereocenters. The minimum Gasteiger partial charge on any atom is -0.454 e. The van der Waals surface area contributed by atoms with Crippen LogP contribution < -0.4 is 25.8 Å². The van der Waals surface area contributed by atoms with Gasteiger partial charge >= 0.3 is 0 Å². The fourth-order valence-electron chi connectivity index (χ4n) is 4.04. The van der Waals surface area contributed by atoms with Gasteiger partial charge in [0.05, 0.1) is 6.04 Å². The van der Waals surface area contributed by atoms with E-state index in [1.807, 2.05) is 6.92 Å². The Kier molecular flexibility index (Phi) is 7.14. The van der Waals surface area contributed by atoms with Crippen molar-refractivity contribution in [2.75, 3.05) is 6.79 Å². The van der Waals surface area contributed by atoms with Crippen LogP contribution in [0.25, 0.3) is 0 Å². The maximum atomic E-state index is 13.3. The number of amides is 3. The lowest BCUT2D eigenvalue weighted by Gasteiger charge is -2.37. The predicted molar refractivity (Wildman–Crippen MR) is 112 cm³/mol. The lowest BCUT2D eigenvalue weighted by Crippen LogP contribution is -2.62. The summed E-state index contributed by atoms with van der Waals surface area (Å²) in [5.41, 5.74) is 4.35. The summed E-state index contributed by atoms with van der Waals surface area (Å²) in [5, 5.41) is 5.59. The Morgan fingerprint density at radius 1 is 1.10 bits per heavy atom. The number of ketones is 1. The number of nitrogens with one attached hydrogen (secondary N) is 2. The topological polar surface area (TPSA) is 137 Å². The van der Waals surface area contributed by atoms with E-state index in [1.165, 1.54) is 0 Å². The van der Waals surface area contributed by atoms with Gasteiger partial charge in [-0.05, 0) is 37.5 Å². The van der Waals surface area contributed by atoms with Crippen LogP contribution in [0.5, 0.6) is 11.5 Å². The van der Waals surface area contributed by atoms with Crippen molar-refractivity contribution in [1.82, 2.24) is 10.6 Å². The highest BCUT2D eigenvalue weighted by Gasteiger charge is 2.42. The van der Waals surface area contributed by atoms with Gasteiger partial charge in [-0.25, -0.2) is 0 Å². The zero-order valence-corrected chi connectivity index (χ0v) is 17.7. The van der Waals surface area contributed by atoms with E-state index in [9.17, 15) is 19.2 Å². The maximum absolute atomic E-state index is 13.3. The minimum atomic E-state index is -1.16. The minimum absolute atomic E-state index is 0.0970. The van der Waals surface area contributed by atoms with Gasteiger partial charge in [0.15, 0.2) is 11.5 Å². The highest BCUT2D eigenvalue weighted by atomic mass is 16.7. The Bertz CT molecular complexity index is 863. The summed E-state index contributed by atoms with van der Waals surface area (Å²) >= 11 is 0. The first kappa shape index (κ1) is 22.6. The normalized spacial score (nSPS) is 17.5. The van der Waals surface area contributed by atoms with Gasteiger partial charge in [-0.15, -0.1) is 0 Å². The molecular formula is C22H29N3O6. The van der Waals surface area contributed by atoms with E-state index in [-0.39, 0.29) is 6.79 Å². The third kappa shape index (κ3) is 5.15. The van der Waals surface area contributed by atoms with Crippen molar-refractivity contribution < 1.29 is 28.7 Å². The first-order valence-corrected chi connectivity index (χ1v) is 10.7. The molecule has 0 bridgehead atoms. The molecule has 4 N–H and O–H groups in total. The molecule has 0 saturated heterocycles. The fraction of sp³-hybridized carbons (Fsp3) is 0.545. The molecule has 1 aromatic carbocycles. The second-order valence-corrected chi connectivity index (χ2v) is 8.06. The van der Waals surface area contributed by atoms with E-state index >= 15 is 0 Å². The quantitative estimate of drug-likeness (QED) is 0.508.